The molecule has 2 aromatic carbocycles. The van der Waals surface area contributed by atoms with Crippen molar-refractivity contribution in [1.82, 2.24) is 4.31 Å². The summed E-state index contributed by atoms with van der Waals surface area (Å²) in [7, 11) is -2.21. The number of sulfonamides is 1. The van der Waals surface area contributed by atoms with Crippen LogP contribution in [0.4, 0.5) is 0 Å². The van der Waals surface area contributed by atoms with E-state index in [9.17, 15) is 13.2 Å². The summed E-state index contributed by atoms with van der Waals surface area (Å²) in [6.45, 7) is 0.523. The highest BCUT2D eigenvalue weighted by molar-refractivity contribution is 7.92. The molecule has 0 saturated carbocycles. The van der Waals surface area contributed by atoms with Gasteiger partial charge in [0, 0.05) is 13.1 Å². The Hall–Kier alpha value is -2.44. The fourth-order valence-corrected chi connectivity index (χ4v) is 4.06. The van der Waals surface area contributed by atoms with Gasteiger partial charge in [0.2, 0.25) is 10.0 Å². The van der Waals surface area contributed by atoms with Gasteiger partial charge < -0.3 is 4.74 Å². The van der Waals surface area contributed by atoms with Crippen LogP contribution in [0.1, 0.15) is 21.5 Å². The molecule has 0 N–H and O–H groups in total. The van der Waals surface area contributed by atoms with Crippen LogP contribution in [-0.4, -0.2) is 32.3 Å². The Balaban J connectivity index is 1.91. The fourth-order valence-electron chi connectivity index (χ4n) is 2.70. The van der Waals surface area contributed by atoms with Crippen LogP contribution in [0.5, 0.6) is 0 Å². The maximum absolute atomic E-state index is 12.4. The van der Waals surface area contributed by atoms with Crippen LogP contribution in [0.15, 0.2) is 60.0 Å². The minimum absolute atomic E-state index is 0.227. The highest BCUT2D eigenvalue weighted by atomic mass is 32.2. The van der Waals surface area contributed by atoms with Crippen molar-refractivity contribution in [2.75, 3.05) is 13.7 Å². The van der Waals surface area contributed by atoms with Gasteiger partial charge in [-0.15, -0.1) is 0 Å². The molecule has 0 aliphatic carbocycles. The first-order valence-corrected chi connectivity index (χ1v) is 8.94. The molecule has 124 valence electrons. The maximum atomic E-state index is 12.4. The van der Waals surface area contributed by atoms with Crippen molar-refractivity contribution in [2.24, 2.45) is 0 Å². The first-order valence-electron chi connectivity index (χ1n) is 7.43. The monoisotopic (exact) mass is 343 g/mol. The van der Waals surface area contributed by atoms with Gasteiger partial charge in [-0.1, -0.05) is 48.5 Å². The zero-order valence-corrected chi connectivity index (χ0v) is 14.0. The fraction of sp³-hybridized carbons (Fsp3) is 0.167. The minimum atomic E-state index is -3.51. The van der Waals surface area contributed by atoms with Crippen molar-refractivity contribution in [1.29, 1.82) is 0 Å². The number of ether oxygens (including phenoxy) is 1. The summed E-state index contributed by atoms with van der Waals surface area (Å²) in [6, 6.07) is 16.3. The third-order valence-corrected chi connectivity index (χ3v) is 5.44. The van der Waals surface area contributed by atoms with Gasteiger partial charge in [-0.2, -0.15) is 4.31 Å². The van der Waals surface area contributed by atoms with Gasteiger partial charge in [0.25, 0.3) is 0 Å². The van der Waals surface area contributed by atoms with Crippen molar-refractivity contribution >= 4 is 21.6 Å². The lowest BCUT2D eigenvalue weighted by Gasteiger charge is -2.15. The van der Waals surface area contributed by atoms with E-state index in [1.807, 2.05) is 30.3 Å². The second-order valence-corrected chi connectivity index (χ2v) is 7.26. The standard InChI is InChI=1S/C18H17NO4S/c1-23-18(20)17-10-6-5-9-16(17)15-12-19(24(21,22)13-15)11-14-7-3-2-4-8-14/h2-10,13H,11-12H2,1H3. The molecule has 2 aromatic rings. The van der Waals surface area contributed by atoms with E-state index in [0.29, 0.717) is 23.2 Å². The lowest BCUT2D eigenvalue weighted by molar-refractivity contribution is 0.0600. The second kappa shape index (κ2) is 6.59. The molecule has 5 nitrogen and oxygen atoms in total. The van der Waals surface area contributed by atoms with Gasteiger partial charge in [-0.3, -0.25) is 0 Å². The van der Waals surface area contributed by atoms with E-state index < -0.39 is 16.0 Å². The van der Waals surface area contributed by atoms with Crippen LogP contribution in [0.3, 0.4) is 0 Å². The Morgan fingerprint density at radius 2 is 1.75 bits per heavy atom. The van der Waals surface area contributed by atoms with E-state index in [0.717, 1.165) is 5.56 Å². The summed E-state index contributed by atoms with van der Waals surface area (Å²) in [5.41, 5.74) is 2.45. The number of esters is 1. The van der Waals surface area contributed by atoms with Gasteiger partial charge in [-0.05, 0) is 22.8 Å². The van der Waals surface area contributed by atoms with Crippen LogP contribution in [0.2, 0.25) is 0 Å². The second-order valence-electron chi connectivity index (χ2n) is 5.48. The number of hydrogen-bond donors (Lipinski definition) is 0. The first-order chi connectivity index (χ1) is 11.5. The highest BCUT2D eigenvalue weighted by Gasteiger charge is 2.30. The van der Waals surface area contributed by atoms with Crippen LogP contribution in [-0.2, 0) is 21.3 Å². The van der Waals surface area contributed by atoms with Crippen molar-refractivity contribution in [3.8, 4) is 0 Å². The zero-order chi connectivity index (χ0) is 17.2. The molecule has 0 aromatic heterocycles. The van der Waals surface area contributed by atoms with Crippen molar-refractivity contribution < 1.29 is 17.9 Å². The topological polar surface area (TPSA) is 63.7 Å². The van der Waals surface area contributed by atoms with Crippen LogP contribution >= 0.6 is 0 Å². The number of benzene rings is 2. The molecule has 1 heterocycles. The summed E-state index contributed by atoms with van der Waals surface area (Å²) < 4.78 is 31.0. The number of rotatable bonds is 4. The van der Waals surface area contributed by atoms with Crippen molar-refractivity contribution in [2.45, 2.75) is 6.54 Å². The molecule has 0 amide bonds. The van der Waals surface area contributed by atoms with Gasteiger partial charge >= 0.3 is 5.97 Å². The van der Waals surface area contributed by atoms with Gasteiger partial charge in [-0.25, -0.2) is 13.2 Å². The third kappa shape index (κ3) is 3.25. The Morgan fingerprint density at radius 1 is 1.08 bits per heavy atom. The Bertz CT molecular complexity index is 888. The molecule has 0 spiro atoms. The van der Waals surface area contributed by atoms with E-state index >= 15 is 0 Å². The molecule has 6 heteroatoms. The van der Waals surface area contributed by atoms with Gasteiger partial charge in [0.15, 0.2) is 0 Å². The van der Waals surface area contributed by atoms with E-state index in [1.165, 1.54) is 16.8 Å². The van der Waals surface area contributed by atoms with Crippen molar-refractivity contribution in [3.63, 3.8) is 0 Å². The van der Waals surface area contributed by atoms with E-state index in [4.69, 9.17) is 4.74 Å². The summed E-state index contributed by atoms with van der Waals surface area (Å²) in [5.74, 6) is -0.481. The van der Waals surface area contributed by atoms with E-state index in [2.05, 4.69) is 0 Å². The molecule has 1 aliphatic heterocycles. The smallest absolute Gasteiger partial charge is 0.338 e. The van der Waals surface area contributed by atoms with E-state index in [-0.39, 0.29) is 6.54 Å². The summed E-state index contributed by atoms with van der Waals surface area (Å²) >= 11 is 0. The first kappa shape index (κ1) is 16.4. The van der Waals surface area contributed by atoms with Gasteiger partial charge in [0.05, 0.1) is 18.1 Å². The maximum Gasteiger partial charge on any atom is 0.338 e. The SMILES string of the molecule is COC(=O)c1ccccc1C1=CS(=O)(=O)N(Cc2ccccc2)C1. The van der Waals surface area contributed by atoms with E-state index in [1.54, 1.807) is 24.3 Å². The quantitative estimate of drug-likeness (QED) is 0.801. The molecule has 0 radical (unpaired) electrons. The zero-order valence-electron chi connectivity index (χ0n) is 13.2. The van der Waals surface area contributed by atoms with Crippen LogP contribution < -0.4 is 0 Å². The normalized spacial score (nSPS) is 16.6. The van der Waals surface area contributed by atoms with Crippen molar-refractivity contribution in [3.05, 3.63) is 76.7 Å². The predicted molar refractivity (Wildman–Crippen MR) is 91.5 cm³/mol. The van der Waals surface area contributed by atoms with Crippen LogP contribution in [0, 0.1) is 0 Å². The summed E-state index contributed by atoms with van der Waals surface area (Å²) in [5, 5.41) is 1.23. The molecule has 0 atom stereocenters. The molecule has 0 bridgehead atoms. The Morgan fingerprint density at radius 3 is 2.46 bits per heavy atom. The molecule has 3 rings (SSSR count). The third-order valence-electron chi connectivity index (χ3n) is 3.88. The lowest BCUT2D eigenvalue weighted by atomic mass is 10.0. The number of carbonyl (C=O) groups is 1. The number of methoxy groups -OCH3 is 1. The molecule has 0 unspecified atom stereocenters. The number of carbonyl (C=O) groups excluding carboxylic acids is 1. The van der Waals surface area contributed by atoms with Gasteiger partial charge in [0.1, 0.15) is 0 Å². The highest BCUT2D eigenvalue weighted by Crippen LogP contribution is 2.30. The molecule has 24 heavy (non-hydrogen) atoms. The minimum Gasteiger partial charge on any atom is -0.465 e. The molecule has 1 aliphatic rings. The summed E-state index contributed by atoms with van der Waals surface area (Å²) in [4.78, 5) is 11.9. The molecule has 0 saturated heterocycles. The molecular weight excluding hydrogens is 326 g/mol. The number of nitrogens with zero attached hydrogens (tertiary/aromatic N) is 1. The van der Waals surface area contributed by atoms with Crippen LogP contribution in [0.25, 0.3) is 5.57 Å². The number of hydrogen-bond acceptors (Lipinski definition) is 4. The average molecular weight is 343 g/mol. The molecule has 0 fully saturated rings. The largest absolute Gasteiger partial charge is 0.465 e. The Kier molecular flexibility index (Phi) is 4.51. The summed E-state index contributed by atoms with van der Waals surface area (Å²) in [6.07, 6.45) is 0. The molecular formula is C18H17NO4S. The lowest BCUT2D eigenvalue weighted by Crippen LogP contribution is -2.25. The average Bonchev–Trinajstić information content (AvgIpc) is 2.89. The predicted octanol–water partition coefficient (Wildman–Crippen LogP) is 2.66. The Labute approximate surface area is 141 Å².